The summed E-state index contributed by atoms with van der Waals surface area (Å²) in [4.78, 5) is 26.3. The van der Waals surface area contributed by atoms with Crippen LogP contribution in [0.5, 0.6) is 0 Å². The number of amides is 1. The summed E-state index contributed by atoms with van der Waals surface area (Å²) in [5.41, 5.74) is 1.43. The average molecular weight is 297 g/mol. The molecule has 2 rings (SSSR count). The Morgan fingerprint density at radius 3 is 2.76 bits per heavy atom. The maximum absolute atomic E-state index is 11.6. The van der Waals surface area contributed by atoms with Crippen molar-refractivity contribution in [1.82, 2.24) is 4.90 Å². The van der Waals surface area contributed by atoms with E-state index in [4.69, 9.17) is 0 Å². The zero-order valence-electron chi connectivity index (χ0n) is 9.52. The summed E-state index contributed by atoms with van der Waals surface area (Å²) in [6.45, 7) is 1.76. The van der Waals surface area contributed by atoms with Gasteiger partial charge in [-0.25, -0.2) is 0 Å². The zero-order valence-corrected chi connectivity index (χ0v) is 11.1. The molecule has 1 aromatic rings. The highest BCUT2D eigenvalue weighted by Crippen LogP contribution is 2.25. The highest BCUT2D eigenvalue weighted by molar-refractivity contribution is 9.10. The van der Waals surface area contributed by atoms with Gasteiger partial charge in [0.05, 0.1) is 6.54 Å². The highest BCUT2D eigenvalue weighted by Gasteiger charge is 2.22. The molecule has 0 bridgehead atoms. The number of benzene rings is 1. The number of aldehydes is 1. The van der Waals surface area contributed by atoms with Crippen molar-refractivity contribution in [3.05, 3.63) is 28.2 Å². The molecule has 1 aliphatic heterocycles. The first-order chi connectivity index (χ1) is 8.11. The molecule has 0 atom stereocenters. The summed E-state index contributed by atoms with van der Waals surface area (Å²) in [7, 11) is 1.79. The molecule has 1 heterocycles. The number of carbonyl (C=O) groups excluding carboxylic acids is 2. The fraction of sp³-hybridized carbons (Fsp3) is 0.333. The Hall–Kier alpha value is -1.36. The van der Waals surface area contributed by atoms with Crippen LogP contribution in [0.1, 0.15) is 10.4 Å². The number of likely N-dealkylation sites (N-methyl/N-ethyl adjacent to an activating group) is 1. The molecule has 1 fully saturated rings. The van der Waals surface area contributed by atoms with Gasteiger partial charge < -0.3 is 9.80 Å². The van der Waals surface area contributed by atoms with Gasteiger partial charge in [-0.1, -0.05) is 15.9 Å². The van der Waals surface area contributed by atoms with Crippen LogP contribution >= 0.6 is 15.9 Å². The summed E-state index contributed by atoms with van der Waals surface area (Å²) in [5, 5.41) is 0. The van der Waals surface area contributed by atoms with Crippen molar-refractivity contribution in [2.45, 2.75) is 0 Å². The van der Waals surface area contributed by atoms with Crippen LogP contribution in [-0.4, -0.2) is 43.8 Å². The van der Waals surface area contributed by atoms with Crippen LogP contribution in [0, 0.1) is 0 Å². The lowest BCUT2D eigenvalue weighted by Gasteiger charge is -2.34. The molecule has 90 valence electrons. The van der Waals surface area contributed by atoms with Crippen molar-refractivity contribution in [2.75, 3.05) is 31.6 Å². The van der Waals surface area contributed by atoms with Gasteiger partial charge in [-0.15, -0.1) is 0 Å². The van der Waals surface area contributed by atoms with Gasteiger partial charge in [-0.3, -0.25) is 9.59 Å². The van der Waals surface area contributed by atoms with Crippen LogP contribution < -0.4 is 4.90 Å². The van der Waals surface area contributed by atoms with Crippen molar-refractivity contribution in [3.8, 4) is 0 Å². The van der Waals surface area contributed by atoms with Gasteiger partial charge in [0.1, 0.15) is 0 Å². The largest absolute Gasteiger partial charge is 0.360 e. The zero-order chi connectivity index (χ0) is 12.4. The number of carbonyl (C=O) groups is 2. The Labute approximate surface area is 108 Å². The van der Waals surface area contributed by atoms with Gasteiger partial charge in [-0.2, -0.15) is 0 Å². The third-order valence-corrected chi connectivity index (χ3v) is 3.41. The minimum atomic E-state index is 0.0769. The van der Waals surface area contributed by atoms with Crippen LogP contribution in [0.15, 0.2) is 22.7 Å². The number of halogens is 1. The second kappa shape index (κ2) is 4.87. The molecule has 1 aromatic carbocycles. The average Bonchev–Trinajstić information content (AvgIpc) is 2.32. The highest BCUT2D eigenvalue weighted by atomic mass is 79.9. The van der Waals surface area contributed by atoms with Crippen LogP contribution in [0.25, 0.3) is 0 Å². The Bertz CT molecular complexity index is 462. The lowest BCUT2D eigenvalue weighted by atomic mass is 10.1. The molecule has 1 saturated heterocycles. The van der Waals surface area contributed by atoms with E-state index in [9.17, 15) is 9.59 Å². The van der Waals surface area contributed by atoms with Crippen LogP contribution in [0.4, 0.5) is 5.69 Å². The standard InChI is InChI=1S/C12H13BrN2O2/c1-14-4-5-15(7-12(14)17)11-6-10(13)3-2-9(11)8-16/h2-3,6,8H,4-5,7H2,1H3. The summed E-state index contributed by atoms with van der Waals surface area (Å²) in [6, 6.07) is 5.46. The van der Waals surface area contributed by atoms with Crippen molar-refractivity contribution in [1.29, 1.82) is 0 Å². The topological polar surface area (TPSA) is 40.6 Å². The molecule has 1 aliphatic rings. The normalized spacial score (nSPS) is 16.2. The first-order valence-electron chi connectivity index (χ1n) is 5.35. The lowest BCUT2D eigenvalue weighted by molar-refractivity contribution is -0.129. The van der Waals surface area contributed by atoms with Crippen molar-refractivity contribution < 1.29 is 9.59 Å². The first kappa shape index (κ1) is 12.1. The van der Waals surface area contributed by atoms with Crippen LogP contribution in [0.3, 0.4) is 0 Å². The Morgan fingerprint density at radius 2 is 2.12 bits per heavy atom. The molecule has 0 unspecified atom stereocenters. The molecular weight excluding hydrogens is 284 g/mol. The van der Waals surface area contributed by atoms with E-state index in [1.165, 1.54) is 0 Å². The van der Waals surface area contributed by atoms with Crippen molar-refractivity contribution in [3.63, 3.8) is 0 Å². The molecule has 17 heavy (non-hydrogen) atoms. The Balaban J connectivity index is 2.30. The molecule has 0 aliphatic carbocycles. The number of nitrogens with zero attached hydrogens (tertiary/aromatic N) is 2. The molecule has 1 amide bonds. The fourth-order valence-electron chi connectivity index (χ4n) is 1.85. The minimum Gasteiger partial charge on any atom is -0.360 e. The second-order valence-corrected chi connectivity index (χ2v) is 4.97. The van der Waals surface area contributed by atoms with E-state index in [-0.39, 0.29) is 5.91 Å². The molecule has 4 nitrogen and oxygen atoms in total. The first-order valence-corrected chi connectivity index (χ1v) is 6.15. The molecular formula is C12H13BrN2O2. The van der Waals surface area contributed by atoms with E-state index >= 15 is 0 Å². The van der Waals surface area contributed by atoms with E-state index in [2.05, 4.69) is 15.9 Å². The third-order valence-electron chi connectivity index (χ3n) is 2.92. The molecule has 5 heteroatoms. The monoisotopic (exact) mass is 296 g/mol. The van der Waals surface area contributed by atoms with Gasteiger partial charge in [0.2, 0.25) is 5.91 Å². The predicted octanol–water partition coefficient (Wildman–Crippen LogP) is 1.54. The Kier molecular flexibility index (Phi) is 3.47. The maximum atomic E-state index is 11.6. The van der Waals surface area contributed by atoms with Crippen LogP contribution in [-0.2, 0) is 4.79 Å². The molecule has 0 radical (unpaired) electrons. The van der Waals surface area contributed by atoms with Gasteiger partial charge in [-0.05, 0) is 18.2 Å². The van der Waals surface area contributed by atoms with Gasteiger partial charge in [0.15, 0.2) is 6.29 Å². The number of piperazine rings is 1. The van der Waals surface area contributed by atoms with Crippen molar-refractivity contribution in [2.24, 2.45) is 0 Å². The predicted molar refractivity (Wildman–Crippen MR) is 69.4 cm³/mol. The quantitative estimate of drug-likeness (QED) is 0.778. The SMILES string of the molecule is CN1CCN(c2cc(Br)ccc2C=O)CC1=O. The molecule has 0 spiro atoms. The van der Waals surface area contributed by atoms with Gasteiger partial charge >= 0.3 is 0 Å². The summed E-state index contributed by atoms with van der Waals surface area (Å²) >= 11 is 3.38. The van der Waals surface area contributed by atoms with Crippen LogP contribution in [0.2, 0.25) is 0 Å². The number of rotatable bonds is 2. The fourth-order valence-corrected chi connectivity index (χ4v) is 2.20. The van der Waals surface area contributed by atoms with E-state index in [0.29, 0.717) is 18.7 Å². The molecule has 0 N–H and O–H groups in total. The minimum absolute atomic E-state index is 0.0769. The smallest absolute Gasteiger partial charge is 0.241 e. The summed E-state index contributed by atoms with van der Waals surface area (Å²) in [6.07, 6.45) is 0.824. The molecule has 0 aromatic heterocycles. The van der Waals surface area contributed by atoms with E-state index in [1.807, 2.05) is 17.0 Å². The number of hydrogen-bond acceptors (Lipinski definition) is 3. The summed E-state index contributed by atoms with van der Waals surface area (Å²) < 4.78 is 0.907. The maximum Gasteiger partial charge on any atom is 0.241 e. The van der Waals surface area contributed by atoms with E-state index in [1.54, 1.807) is 18.0 Å². The van der Waals surface area contributed by atoms with Gasteiger partial charge in [0.25, 0.3) is 0 Å². The third kappa shape index (κ3) is 2.49. The lowest BCUT2D eigenvalue weighted by Crippen LogP contribution is -2.48. The van der Waals surface area contributed by atoms with E-state index < -0.39 is 0 Å². The summed E-state index contributed by atoms with van der Waals surface area (Å²) in [5.74, 6) is 0.0769. The van der Waals surface area contributed by atoms with Gasteiger partial charge in [0, 0.05) is 35.9 Å². The molecule has 0 saturated carbocycles. The van der Waals surface area contributed by atoms with Crippen molar-refractivity contribution >= 4 is 33.8 Å². The Morgan fingerprint density at radius 1 is 1.35 bits per heavy atom. The van der Waals surface area contributed by atoms with E-state index in [0.717, 1.165) is 23.0 Å². The second-order valence-electron chi connectivity index (χ2n) is 4.06. The number of hydrogen-bond donors (Lipinski definition) is 0. The number of anilines is 1.